The molecule has 17 heavy (non-hydrogen) atoms. The van der Waals surface area contributed by atoms with E-state index >= 15 is 0 Å². The first kappa shape index (κ1) is 11.2. The van der Waals surface area contributed by atoms with E-state index in [0.29, 0.717) is 0 Å². The largest absolute Gasteiger partial charge is 0.361 e. The zero-order chi connectivity index (χ0) is 11.5. The number of thioether (sulfide) groups is 1. The van der Waals surface area contributed by atoms with Gasteiger partial charge in [0.1, 0.15) is 0 Å². The Hall–Kier alpha value is -0.930. The van der Waals surface area contributed by atoms with E-state index in [-0.39, 0.29) is 0 Å². The Morgan fingerprint density at radius 3 is 3.24 bits per heavy atom. The van der Waals surface area contributed by atoms with Crippen molar-refractivity contribution in [3.63, 3.8) is 0 Å². The van der Waals surface area contributed by atoms with Crippen LogP contribution in [0.4, 0.5) is 0 Å². The van der Waals surface area contributed by atoms with Crippen LogP contribution in [0.1, 0.15) is 18.4 Å². The number of hydrogen-bond acceptors (Lipinski definition) is 2. The van der Waals surface area contributed by atoms with Crippen LogP contribution in [0.5, 0.6) is 0 Å². The molecule has 1 aromatic carbocycles. The van der Waals surface area contributed by atoms with Crippen LogP contribution in [0.25, 0.3) is 10.9 Å². The van der Waals surface area contributed by atoms with E-state index in [1.54, 1.807) is 0 Å². The molecule has 2 N–H and O–H groups in total. The lowest BCUT2D eigenvalue weighted by Crippen LogP contribution is -2.22. The average Bonchev–Trinajstić information content (AvgIpc) is 2.98. The molecule has 3 heteroatoms. The van der Waals surface area contributed by atoms with Gasteiger partial charge in [0.15, 0.2) is 0 Å². The molecule has 1 aliphatic rings. The van der Waals surface area contributed by atoms with E-state index in [1.807, 2.05) is 6.20 Å². The summed E-state index contributed by atoms with van der Waals surface area (Å²) in [6, 6.07) is 8.75. The second-order valence-electron chi connectivity index (χ2n) is 4.67. The maximum Gasteiger partial charge on any atom is 0.0457 e. The first-order valence-electron chi connectivity index (χ1n) is 6.30. The number of fused-ring (bicyclic) bond motifs is 1. The van der Waals surface area contributed by atoms with Crippen LogP contribution >= 0.6 is 11.8 Å². The Morgan fingerprint density at radius 2 is 2.35 bits per heavy atom. The van der Waals surface area contributed by atoms with Gasteiger partial charge < -0.3 is 10.3 Å². The molecule has 1 saturated heterocycles. The van der Waals surface area contributed by atoms with Gasteiger partial charge in [-0.3, -0.25) is 0 Å². The lowest BCUT2D eigenvalue weighted by Gasteiger charge is -2.10. The van der Waals surface area contributed by atoms with Crippen LogP contribution in [0, 0.1) is 0 Å². The molecule has 0 spiro atoms. The smallest absolute Gasteiger partial charge is 0.0457 e. The van der Waals surface area contributed by atoms with Crippen molar-refractivity contribution in [2.45, 2.75) is 24.6 Å². The maximum atomic E-state index is 3.57. The lowest BCUT2D eigenvalue weighted by molar-refractivity contribution is 0.646. The molecule has 1 atom stereocenters. The van der Waals surface area contributed by atoms with Crippen molar-refractivity contribution >= 4 is 22.7 Å². The topological polar surface area (TPSA) is 27.8 Å². The van der Waals surface area contributed by atoms with Crippen molar-refractivity contribution in [3.8, 4) is 0 Å². The summed E-state index contributed by atoms with van der Waals surface area (Å²) in [5, 5.41) is 5.69. The predicted molar refractivity (Wildman–Crippen MR) is 75.5 cm³/mol. The third-order valence-electron chi connectivity index (χ3n) is 3.34. The van der Waals surface area contributed by atoms with E-state index < -0.39 is 0 Å². The average molecular weight is 246 g/mol. The maximum absolute atomic E-state index is 3.57. The minimum atomic E-state index is 0.837. The molecule has 0 saturated carbocycles. The van der Waals surface area contributed by atoms with E-state index in [1.165, 1.54) is 35.1 Å². The fraction of sp³-hybridized carbons (Fsp3) is 0.429. The van der Waals surface area contributed by atoms with Crippen molar-refractivity contribution < 1.29 is 0 Å². The molecule has 1 fully saturated rings. The first-order valence-corrected chi connectivity index (χ1v) is 7.35. The Morgan fingerprint density at radius 1 is 1.35 bits per heavy atom. The normalized spacial score (nSPS) is 20.1. The third-order valence-corrected chi connectivity index (χ3v) is 4.74. The van der Waals surface area contributed by atoms with Gasteiger partial charge in [0, 0.05) is 30.1 Å². The number of aromatic amines is 1. The minimum absolute atomic E-state index is 0.837. The molecular weight excluding hydrogens is 228 g/mol. The van der Waals surface area contributed by atoms with Crippen LogP contribution in [-0.4, -0.2) is 22.5 Å². The summed E-state index contributed by atoms with van der Waals surface area (Å²) < 4.78 is 0. The molecule has 0 radical (unpaired) electrons. The van der Waals surface area contributed by atoms with Crippen LogP contribution in [0.15, 0.2) is 30.5 Å². The van der Waals surface area contributed by atoms with Gasteiger partial charge in [-0.15, -0.1) is 0 Å². The number of hydrogen-bond donors (Lipinski definition) is 2. The van der Waals surface area contributed by atoms with E-state index in [0.717, 1.165) is 18.3 Å². The molecule has 1 unspecified atom stereocenters. The summed E-state index contributed by atoms with van der Waals surface area (Å²) in [6.07, 6.45) is 4.77. The van der Waals surface area contributed by atoms with Gasteiger partial charge in [0.25, 0.3) is 0 Å². The summed E-state index contributed by atoms with van der Waals surface area (Å²) in [4.78, 5) is 3.26. The first-order chi connectivity index (χ1) is 8.42. The van der Waals surface area contributed by atoms with Gasteiger partial charge >= 0.3 is 0 Å². The SMILES string of the molecule is c1cc2ccc(CNCC3CCCS3)cc2[nH]1. The summed E-state index contributed by atoms with van der Waals surface area (Å²) in [6.45, 7) is 2.12. The van der Waals surface area contributed by atoms with Crippen molar-refractivity contribution in [3.05, 3.63) is 36.0 Å². The monoisotopic (exact) mass is 246 g/mol. The van der Waals surface area contributed by atoms with E-state index in [4.69, 9.17) is 0 Å². The quantitative estimate of drug-likeness (QED) is 0.867. The molecule has 1 aliphatic heterocycles. The Balaban J connectivity index is 1.56. The van der Waals surface area contributed by atoms with Crippen molar-refractivity contribution in [2.75, 3.05) is 12.3 Å². The summed E-state index contributed by atoms with van der Waals surface area (Å²) >= 11 is 2.11. The molecule has 2 aromatic rings. The van der Waals surface area contributed by atoms with Gasteiger partial charge in [0.2, 0.25) is 0 Å². The van der Waals surface area contributed by atoms with Gasteiger partial charge in [-0.2, -0.15) is 11.8 Å². The number of rotatable bonds is 4. The highest BCUT2D eigenvalue weighted by Crippen LogP contribution is 2.25. The number of benzene rings is 1. The van der Waals surface area contributed by atoms with Gasteiger partial charge in [-0.1, -0.05) is 12.1 Å². The van der Waals surface area contributed by atoms with Gasteiger partial charge in [0.05, 0.1) is 0 Å². The molecule has 0 amide bonds. The summed E-state index contributed by atoms with van der Waals surface area (Å²) in [7, 11) is 0. The number of H-pyrrole nitrogens is 1. The van der Waals surface area contributed by atoms with E-state index in [9.17, 15) is 0 Å². The highest BCUT2D eigenvalue weighted by atomic mass is 32.2. The van der Waals surface area contributed by atoms with Crippen LogP contribution in [-0.2, 0) is 6.54 Å². The minimum Gasteiger partial charge on any atom is -0.361 e. The highest BCUT2D eigenvalue weighted by molar-refractivity contribution is 8.00. The Labute approximate surface area is 106 Å². The molecular formula is C14H18N2S. The van der Waals surface area contributed by atoms with Crippen molar-refractivity contribution in [2.24, 2.45) is 0 Å². The second kappa shape index (κ2) is 5.15. The zero-order valence-corrected chi connectivity index (χ0v) is 10.7. The highest BCUT2D eigenvalue weighted by Gasteiger charge is 2.14. The fourth-order valence-electron chi connectivity index (χ4n) is 2.39. The predicted octanol–water partition coefficient (Wildman–Crippen LogP) is 3.15. The standard InChI is InChI=1S/C14H18N2S/c1-2-13(17-7-1)10-15-9-11-3-4-12-5-6-16-14(12)8-11/h3-6,8,13,15-16H,1-2,7,9-10H2. The van der Waals surface area contributed by atoms with Crippen molar-refractivity contribution in [1.82, 2.24) is 10.3 Å². The molecule has 3 rings (SSSR count). The fourth-order valence-corrected chi connectivity index (χ4v) is 3.62. The molecule has 90 valence electrons. The molecule has 0 bridgehead atoms. The van der Waals surface area contributed by atoms with E-state index in [2.05, 4.69) is 46.3 Å². The van der Waals surface area contributed by atoms with Crippen LogP contribution < -0.4 is 5.32 Å². The molecule has 1 aromatic heterocycles. The summed E-state index contributed by atoms with van der Waals surface area (Å²) in [5.41, 5.74) is 2.60. The molecule has 0 aliphatic carbocycles. The molecule has 2 nitrogen and oxygen atoms in total. The van der Waals surface area contributed by atoms with Gasteiger partial charge in [-0.25, -0.2) is 0 Å². The zero-order valence-electron chi connectivity index (χ0n) is 9.91. The van der Waals surface area contributed by atoms with Gasteiger partial charge in [-0.05, 0) is 41.7 Å². The lowest BCUT2D eigenvalue weighted by atomic mass is 10.1. The second-order valence-corrected chi connectivity index (χ2v) is 6.07. The van der Waals surface area contributed by atoms with Crippen molar-refractivity contribution in [1.29, 1.82) is 0 Å². The van der Waals surface area contributed by atoms with Crippen LogP contribution in [0.2, 0.25) is 0 Å². The Bertz CT molecular complexity index is 486. The van der Waals surface area contributed by atoms with Crippen LogP contribution in [0.3, 0.4) is 0 Å². The number of aromatic nitrogens is 1. The summed E-state index contributed by atoms with van der Waals surface area (Å²) in [5.74, 6) is 1.35. The third kappa shape index (κ3) is 2.67. The molecule has 2 heterocycles. The Kier molecular flexibility index (Phi) is 3.39. The number of nitrogens with one attached hydrogen (secondary N) is 2.